The third-order valence-electron chi connectivity index (χ3n) is 5.00. The minimum atomic E-state index is 0.173. The molecule has 0 spiro atoms. The van der Waals surface area contributed by atoms with E-state index in [2.05, 4.69) is 38.8 Å². The normalized spacial score (nSPS) is 15.8. The number of hydrogen-bond acceptors (Lipinski definition) is 8. The molecule has 0 aliphatic carbocycles. The summed E-state index contributed by atoms with van der Waals surface area (Å²) in [6.45, 7) is 6.98. The second kappa shape index (κ2) is 8.98. The first kappa shape index (κ1) is 19.9. The maximum Gasteiger partial charge on any atom is 0.288 e. The van der Waals surface area contributed by atoms with Crippen LogP contribution in [0.15, 0.2) is 28.7 Å². The van der Waals surface area contributed by atoms with E-state index in [1.165, 1.54) is 0 Å². The van der Waals surface area contributed by atoms with Crippen LogP contribution in [0.25, 0.3) is 10.9 Å². The molecule has 3 aromatic rings. The van der Waals surface area contributed by atoms with E-state index in [-0.39, 0.29) is 6.61 Å². The molecular weight excluding hydrogens is 388 g/mol. The number of ether oxygens (including phenoxy) is 1. The zero-order valence-electron chi connectivity index (χ0n) is 16.9. The lowest BCUT2D eigenvalue weighted by molar-refractivity contribution is 0.118. The van der Waals surface area contributed by atoms with Gasteiger partial charge >= 0.3 is 0 Å². The van der Waals surface area contributed by atoms with E-state index < -0.39 is 0 Å². The lowest BCUT2D eigenvalue weighted by Gasteiger charge is -2.31. The van der Waals surface area contributed by atoms with E-state index in [1.807, 2.05) is 24.3 Å². The standard InChI is InChI=1S/C20H26N6O2S/c1-3-6-17-21-16-8-5-4-7-15(16)19(22-17)27-13-18-23-26(20(29)28-18)14-25-11-9-24(2)10-12-25/h4-5,7-8H,3,6,9-14H2,1-2H3. The van der Waals surface area contributed by atoms with Gasteiger partial charge in [0.2, 0.25) is 5.88 Å². The monoisotopic (exact) mass is 414 g/mol. The molecule has 0 atom stereocenters. The Kier molecular flexibility index (Phi) is 6.17. The smallest absolute Gasteiger partial charge is 0.288 e. The number of likely N-dealkylation sites (N-methyl/N-ethyl adjacent to an activating group) is 1. The number of piperazine rings is 1. The lowest BCUT2D eigenvalue weighted by atomic mass is 10.2. The van der Waals surface area contributed by atoms with Gasteiger partial charge in [-0.15, -0.1) is 5.10 Å². The Morgan fingerprint density at radius 1 is 1.14 bits per heavy atom. The van der Waals surface area contributed by atoms with Crippen molar-refractivity contribution in [2.75, 3.05) is 33.2 Å². The summed E-state index contributed by atoms with van der Waals surface area (Å²) in [5, 5.41) is 5.38. The fourth-order valence-electron chi connectivity index (χ4n) is 3.34. The van der Waals surface area contributed by atoms with E-state index in [1.54, 1.807) is 4.68 Å². The molecule has 0 saturated carbocycles. The molecule has 0 bridgehead atoms. The Labute approximate surface area is 175 Å². The van der Waals surface area contributed by atoms with Gasteiger partial charge in [0, 0.05) is 32.6 Å². The van der Waals surface area contributed by atoms with Crippen molar-refractivity contribution in [3.05, 3.63) is 40.8 Å². The molecule has 9 heteroatoms. The second-order valence-electron chi connectivity index (χ2n) is 7.32. The van der Waals surface area contributed by atoms with E-state index in [9.17, 15) is 0 Å². The molecule has 2 aromatic heterocycles. The first-order valence-corrected chi connectivity index (χ1v) is 10.4. The van der Waals surface area contributed by atoms with Gasteiger partial charge in [0.25, 0.3) is 10.7 Å². The highest BCUT2D eigenvalue weighted by atomic mass is 32.1. The zero-order chi connectivity index (χ0) is 20.2. The van der Waals surface area contributed by atoms with Crippen LogP contribution in [-0.4, -0.2) is 62.8 Å². The van der Waals surface area contributed by atoms with Gasteiger partial charge in [-0.05, 0) is 37.8 Å². The van der Waals surface area contributed by atoms with Gasteiger partial charge in [-0.3, -0.25) is 4.90 Å². The minimum absolute atomic E-state index is 0.173. The summed E-state index contributed by atoms with van der Waals surface area (Å²) in [6, 6.07) is 7.85. The van der Waals surface area contributed by atoms with Crippen LogP contribution in [0.1, 0.15) is 25.1 Å². The van der Waals surface area contributed by atoms with Crippen LogP contribution in [0.2, 0.25) is 0 Å². The molecule has 1 aromatic carbocycles. The largest absolute Gasteiger partial charge is 0.467 e. The highest BCUT2D eigenvalue weighted by Gasteiger charge is 2.16. The highest BCUT2D eigenvalue weighted by Crippen LogP contribution is 2.23. The molecule has 4 rings (SSSR count). The Morgan fingerprint density at radius 2 is 1.93 bits per heavy atom. The molecule has 0 radical (unpaired) electrons. The highest BCUT2D eigenvalue weighted by molar-refractivity contribution is 7.71. The Morgan fingerprint density at radius 3 is 2.72 bits per heavy atom. The average molecular weight is 415 g/mol. The first-order chi connectivity index (χ1) is 14.1. The van der Waals surface area contributed by atoms with E-state index >= 15 is 0 Å². The van der Waals surface area contributed by atoms with Gasteiger partial charge in [-0.2, -0.15) is 4.98 Å². The first-order valence-electron chi connectivity index (χ1n) is 9.98. The predicted molar refractivity (Wildman–Crippen MR) is 112 cm³/mol. The number of hydrogen-bond donors (Lipinski definition) is 0. The summed E-state index contributed by atoms with van der Waals surface area (Å²) < 4.78 is 13.3. The molecule has 1 aliphatic rings. The minimum Gasteiger partial charge on any atom is -0.467 e. The van der Waals surface area contributed by atoms with Crippen LogP contribution in [0.4, 0.5) is 0 Å². The van der Waals surface area contributed by atoms with Crippen molar-refractivity contribution >= 4 is 23.1 Å². The number of rotatable bonds is 7. The van der Waals surface area contributed by atoms with Crippen molar-refractivity contribution in [3.8, 4) is 5.88 Å². The number of benzene rings is 1. The summed E-state index contributed by atoms with van der Waals surface area (Å²) in [5.41, 5.74) is 0.877. The Hall–Kier alpha value is -2.36. The molecule has 8 nitrogen and oxygen atoms in total. The average Bonchev–Trinajstić information content (AvgIpc) is 3.07. The van der Waals surface area contributed by atoms with Crippen LogP contribution < -0.4 is 4.74 Å². The zero-order valence-corrected chi connectivity index (χ0v) is 17.7. The number of fused-ring (bicyclic) bond motifs is 1. The molecule has 1 fully saturated rings. The molecule has 0 unspecified atom stereocenters. The third-order valence-corrected chi connectivity index (χ3v) is 5.29. The van der Waals surface area contributed by atoms with Crippen molar-refractivity contribution in [2.24, 2.45) is 0 Å². The van der Waals surface area contributed by atoms with Crippen molar-refractivity contribution < 1.29 is 9.15 Å². The number of para-hydroxylation sites is 1. The van der Waals surface area contributed by atoms with Crippen molar-refractivity contribution in [2.45, 2.75) is 33.0 Å². The fourth-order valence-corrected chi connectivity index (χ4v) is 3.54. The number of nitrogens with zero attached hydrogens (tertiary/aromatic N) is 6. The van der Waals surface area contributed by atoms with Gasteiger partial charge in [-0.1, -0.05) is 19.1 Å². The van der Waals surface area contributed by atoms with Crippen LogP contribution in [-0.2, 0) is 19.7 Å². The van der Waals surface area contributed by atoms with Crippen LogP contribution >= 0.6 is 12.2 Å². The molecule has 154 valence electrons. The van der Waals surface area contributed by atoms with Gasteiger partial charge < -0.3 is 14.1 Å². The van der Waals surface area contributed by atoms with E-state index in [4.69, 9.17) is 21.4 Å². The van der Waals surface area contributed by atoms with Crippen LogP contribution in [0, 0.1) is 4.84 Å². The fraction of sp³-hybridized carbons (Fsp3) is 0.500. The van der Waals surface area contributed by atoms with Gasteiger partial charge in [0.1, 0.15) is 5.82 Å². The van der Waals surface area contributed by atoms with Crippen molar-refractivity contribution in [1.29, 1.82) is 0 Å². The number of aromatic nitrogens is 4. The lowest BCUT2D eigenvalue weighted by Crippen LogP contribution is -2.45. The van der Waals surface area contributed by atoms with E-state index in [0.29, 0.717) is 23.3 Å². The molecule has 0 amide bonds. The van der Waals surface area contributed by atoms with Crippen molar-refractivity contribution in [1.82, 2.24) is 29.5 Å². The van der Waals surface area contributed by atoms with Gasteiger partial charge in [0.05, 0.1) is 17.6 Å². The quantitative estimate of drug-likeness (QED) is 0.547. The summed E-state index contributed by atoms with van der Waals surface area (Å²) in [5.74, 6) is 1.78. The SMILES string of the molecule is CCCc1nc(OCc2nn(CN3CCN(C)CC3)c(=S)o2)c2ccccc2n1. The summed E-state index contributed by atoms with van der Waals surface area (Å²) >= 11 is 5.34. The molecular formula is C20H26N6O2S. The summed E-state index contributed by atoms with van der Waals surface area (Å²) in [7, 11) is 2.14. The van der Waals surface area contributed by atoms with Crippen molar-refractivity contribution in [3.63, 3.8) is 0 Å². The predicted octanol–water partition coefficient (Wildman–Crippen LogP) is 2.89. The molecule has 29 heavy (non-hydrogen) atoms. The van der Waals surface area contributed by atoms with Gasteiger partial charge in [0.15, 0.2) is 6.61 Å². The Bertz CT molecular complexity index is 1030. The van der Waals surface area contributed by atoms with E-state index in [0.717, 1.165) is 55.7 Å². The maximum absolute atomic E-state index is 5.98. The molecule has 1 aliphatic heterocycles. The molecule has 3 heterocycles. The van der Waals surface area contributed by atoms with Gasteiger partial charge in [-0.25, -0.2) is 9.67 Å². The second-order valence-corrected chi connectivity index (χ2v) is 7.67. The number of aryl methyl sites for hydroxylation is 1. The summed E-state index contributed by atoms with van der Waals surface area (Å²) in [6.07, 6.45) is 1.78. The third kappa shape index (κ3) is 4.80. The van der Waals surface area contributed by atoms with Crippen LogP contribution in [0.5, 0.6) is 5.88 Å². The Balaban J connectivity index is 1.47. The van der Waals surface area contributed by atoms with Crippen LogP contribution in [0.3, 0.4) is 0 Å². The topological polar surface area (TPSA) is 72.5 Å². The molecule has 1 saturated heterocycles. The summed E-state index contributed by atoms with van der Waals surface area (Å²) in [4.78, 5) is 14.2. The maximum atomic E-state index is 5.98. The molecule has 0 N–H and O–H groups in total.